The lowest BCUT2D eigenvalue weighted by Crippen LogP contribution is -2.52. The Hall–Kier alpha value is -0.610. The first kappa shape index (κ1) is 9.60. The third-order valence-corrected chi connectivity index (χ3v) is 3.71. The Morgan fingerprint density at radius 3 is 3.00 bits per heavy atom. The fourth-order valence-corrected chi connectivity index (χ4v) is 2.83. The molecule has 4 heteroatoms. The molecule has 0 spiro atoms. The van der Waals surface area contributed by atoms with Crippen molar-refractivity contribution in [1.82, 2.24) is 10.2 Å². The zero-order valence-electron chi connectivity index (χ0n) is 8.95. The summed E-state index contributed by atoms with van der Waals surface area (Å²) in [5.41, 5.74) is 0. The summed E-state index contributed by atoms with van der Waals surface area (Å²) in [7, 11) is 0. The Morgan fingerprint density at radius 2 is 2.20 bits per heavy atom. The fourth-order valence-electron chi connectivity index (χ4n) is 2.83. The number of piperidine rings is 1. The third kappa shape index (κ3) is 1.76. The van der Waals surface area contributed by atoms with Crippen LogP contribution in [0.4, 0.5) is 0 Å². The molecule has 1 amide bonds. The van der Waals surface area contributed by atoms with Crippen molar-refractivity contribution < 1.29 is 9.53 Å². The Morgan fingerprint density at radius 1 is 1.33 bits per heavy atom. The van der Waals surface area contributed by atoms with Gasteiger partial charge in [-0.2, -0.15) is 0 Å². The quantitative estimate of drug-likeness (QED) is 0.661. The predicted octanol–water partition coefficient (Wildman–Crippen LogP) is -0.0143. The van der Waals surface area contributed by atoms with Crippen LogP contribution in [0.15, 0.2) is 0 Å². The van der Waals surface area contributed by atoms with Gasteiger partial charge in [-0.25, -0.2) is 0 Å². The van der Waals surface area contributed by atoms with Gasteiger partial charge >= 0.3 is 0 Å². The monoisotopic (exact) mass is 210 g/mol. The number of ether oxygens (including phenoxy) is 1. The van der Waals surface area contributed by atoms with Crippen LogP contribution in [0, 0.1) is 5.92 Å². The molecule has 0 aromatic rings. The topological polar surface area (TPSA) is 41.6 Å². The number of hydrogen-bond donors (Lipinski definition) is 1. The standard InChI is InChI=1S/C11H18N2O2/c14-11-7-15-6-8-5-12-4-3-10(8)13(11)9-1-2-9/h8-10,12H,1-7H2/t8-,10-/m0/s1. The third-order valence-electron chi connectivity index (χ3n) is 3.71. The number of rotatable bonds is 1. The van der Waals surface area contributed by atoms with Crippen LogP contribution < -0.4 is 5.32 Å². The van der Waals surface area contributed by atoms with Crippen molar-refractivity contribution in [2.75, 3.05) is 26.3 Å². The Balaban J connectivity index is 1.82. The summed E-state index contributed by atoms with van der Waals surface area (Å²) < 4.78 is 5.45. The van der Waals surface area contributed by atoms with Crippen molar-refractivity contribution in [1.29, 1.82) is 0 Å². The first-order valence-electron chi connectivity index (χ1n) is 5.96. The van der Waals surface area contributed by atoms with E-state index in [1.54, 1.807) is 0 Å². The van der Waals surface area contributed by atoms with Gasteiger partial charge in [0.25, 0.3) is 0 Å². The van der Waals surface area contributed by atoms with E-state index < -0.39 is 0 Å². The van der Waals surface area contributed by atoms with E-state index in [2.05, 4.69) is 10.2 Å². The summed E-state index contributed by atoms with van der Waals surface area (Å²) in [6, 6.07) is 0.971. The Bertz CT molecular complexity index is 265. The Kier molecular flexibility index (Phi) is 2.41. The van der Waals surface area contributed by atoms with Crippen LogP contribution in [0.3, 0.4) is 0 Å². The summed E-state index contributed by atoms with van der Waals surface area (Å²) in [6.45, 7) is 3.08. The zero-order valence-corrected chi connectivity index (χ0v) is 8.95. The van der Waals surface area contributed by atoms with Gasteiger partial charge in [0.1, 0.15) is 6.61 Å². The van der Waals surface area contributed by atoms with Gasteiger partial charge in [-0.3, -0.25) is 4.79 Å². The minimum Gasteiger partial charge on any atom is -0.371 e. The van der Waals surface area contributed by atoms with Crippen LogP contribution in [-0.4, -0.2) is 49.2 Å². The van der Waals surface area contributed by atoms with Crippen molar-refractivity contribution in [3.8, 4) is 0 Å². The second kappa shape index (κ2) is 3.76. The number of amides is 1. The van der Waals surface area contributed by atoms with E-state index in [0.29, 0.717) is 24.6 Å². The molecule has 1 saturated carbocycles. The van der Waals surface area contributed by atoms with Gasteiger partial charge in [0.05, 0.1) is 6.61 Å². The molecule has 0 unspecified atom stereocenters. The lowest BCUT2D eigenvalue weighted by atomic mass is 9.92. The van der Waals surface area contributed by atoms with Crippen molar-refractivity contribution in [3.05, 3.63) is 0 Å². The van der Waals surface area contributed by atoms with Crippen LogP contribution in [0.5, 0.6) is 0 Å². The fraction of sp³-hybridized carbons (Fsp3) is 0.909. The minimum atomic E-state index is 0.215. The first-order valence-corrected chi connectivity index (χ1v) is 5.96. The summed E-state index contributed by atoms with van der Waals surface area (Å²) in [6.07, 6.45) is 3.49. The molecule has 4 nitrogen and oxygen atoms in total. The maximum atomic E-state index is 11.9. The summed E-state index contributed by atoms with van der Waals surface area (Å²) in [4.78, 5) is 14.1. The number of nitrogens with zero attached hydrogens (tertiary/aromatic N) is 1. The number of carbonyl (C=O) groups excluding carboxylic acids is 1. The van der Waals surface area contributed by atoms with Crippen LogP contribution in [0.25, 0.3) is 0 Å². The van der Waals surface area contributed by atoms with Gasteiger partial charge in [-0.05, 0) is 25.8 Å². The second-order valence-corrected chi connectivity index (χ2v) is 4.87. The minimum absolute atomic E-state index is 0.215. The van der Waals surface area contributed by atoms with Gasteiger partial charge in [-0.15, -0.1) is 0 Å². The summed E-state index contributed by atoms with van der Waals surface area (Å²) >= 11 is 0. The number of fused-ring (bicyclic) bond motifs is 1. The lowest BCUT2D eigenvalue weighted by molar-refractivity contribution is -0.136. The van der Waals surface area contributed by atoms with E-state index in [9.17, 15) is 4.79 Å². The molecule has 2 atom stereocenters. The molecule has 1 N–H and O–H groups in total. The summed E-state index contributed by atoms with van der Waals surface area (Å²) in [5.74, 6) is 0.720. The molecule has 0 aromatic carbocycles. The van der Waals surface area contributed by atoms with Crippen LogP contribution in [0.1, 0.15) is 19.3 Å². The largest absolute Gasteiger partial charge is 0.371 e. The normalized spacial score (nSPS) is 37.3. The van der Waals surface area contributed by atoms with E-state index >= 15 is 0 Å². The van der Waals surface area contributed by atoms with Gasteiger partial charge < -0.3 is 15.0 Å². The highest BCUT2D eigenvalue weighted by Gasteiger charge is 2.42. The number of hydrogen-bond acceptors (Lipinski definition) is 3. The van der Waals surface area contributed by atoms with E-state index in [1.165, 1.54) is 12.8 Å². The molecule has 0 bridgehead atoms. The highest BCUT2D eigenvalue weighted by atomic mass is 16.5. The molecule has 15 heavy (non-hydrogen) atoms. The van der Waals surface area contributed by atoms with Crippen molar-refractivity contribution in [2.24, 2.45) is 5.92 Å². The van der Waals surface area contributed by atoms with E-state index in [4.69, 9.17) is 4.74 Å². The predicted molar refractivity (Wildman–Crippen MR) is 55.5 cm³/mol. The van der Waals surface area contributed by atoms with Crippen molar-refractivity contribution in [2.45, 2.75) is 31.3 Å². The number of carbonyl (C=O) groups is 1. The van der Waals surface area contributed by atoms with E-state index in [1.807, 2.05) is 0 Å². The van der Waals surface area contributed by atoms with Gasteiger partial charge in [0, 0.05) is 24.5 Å². The molecule has 3 rings (SSSR count). The van der Waals surface area contributed by atoms with Gasteiger partial charge in [0.2, 0.25) is 5.91 Å². The van der Waals surface area contributed by atoms with E-state index in [-0.39, 0.29) is 5.91 Å². The average molecular weight is 210 g/mol. The van der Waals surface area contributed by atoms with Crippen LogP contribution >= 0.6 is 0 Å². The Labute approximate surface area is 90.0 Å². The zero-order chi connectivity index (χ0) is 10.3. The average Bonchev–Trinajstić information content (AvgIpc) is 3.03. The summed E-state index contributed by atoms with van der Waals surface area (Å²) in [5, 5.41) is 3.39. The maximum Gasteiger partial charge on any atom is 0.249 e. The highest BCUT2D eigenvalue weighted by Crippen LogP contribution is 2.34. The second-order valence-electron chi connectivity index (χ2n) is 4.87. The first-order chi connectivity index (χ1) is 7.36. The molecule has 2 heterocycles. The molecule has 84 valence electrons. The highest BCUT2D eigenvalue weighted by molar-refractivity contribution is 5.78. The molecular weight excluding hydrogens is 192 g/mol. The smallest absolute Gasteiger partial charge is 0.249 e. The maximum absolute atomic E-state index is 11.9. The van der Waals surface area contributed by atoms with Gasteiger partial charge in [0.15, 0.2) is 0 Å². The molecule has 0 aromatic heterocycles. The van der Waals surface area contributed by atoms with Crippen molar-refractivity contribution >= 4 is 5.91 Å². The molecule has 2 saturated heterocycles. The molecule has 3 fully saturated rings. The van der Waals surface area contributed by atoms with Crippen LogP contribution in [0.2, 0.25) is 0 Å². The number of nitrogens with one attached hydrogen (secondary N) is 1. The molecular formula is C11H18N2O2. The SMILES string of the molecule is O=C1COC[C@@H]2CNCC[C@@H]2N1C1CC1. The molecule has 2 aliphatic heterocycles. The lowest BCUT2D eigenvalue weighted by Gasteiger charge is -2.38. The van der Waals surface area contributed by atoms with Crippen molar-refractivity contribution in [3.63, 3.8) is 0 Å². The molecule has 3 aliphatic rings. The molecule has 0 radical (unpaired) electrons. The van der Waals surface area contributed by atoms with Crippen LogP contribution in [-0.2, 0) is 9.53 Å². The van der Waals surface area contributed by atoms with Gasteiger partial charge in [-0.1, -0.05) is 0 Å². The van der Waals surface area contributed by atoms with E-state index in [0.717, 1.165) is 26.1 Å². The molecule has 1 aliphatic carbocycles.